The van der Waals surface area contributed by atoms with Crippen molar-refractivity contribution in [1.29, 1.82) is 0 Å². The number of rotatable bonds is 7. The van der Waals surface area contributed by atoms with Crippen LogP contribution in [-0.4, -0.2) is 18.3 Å². The summed E-state index contributed by atoms with van der Waals surface area (Å²) in [6, 6.07) is 9.52. The van der Waals surface area contributed by atoms with Gasteiger partial charge in [-0.2, -0.15) is 0 Å². The van der Waals surface area contributed by atoms with Crippen molar-refractivity contribution in [2.75, 3.05) is 12.3 Å². The maximum atomic E-state index is 3.56. The highest BCUT2D eigenvalue weighted by atomic mass is 32.2. The lowest BCUT2D eigenvalue weighted by molar-refractivity contribution is 0.640. The van der Waals surface area contributed by atoms with Crippen LogP contribution in [0.15, 0.2) is 29.2 Å². The van der Waals surface area contributed by atoms with Crippen LogP contribution in [0.2, 0.25) is 0 Å². The molecule has 0 aromatic heterocycles. The number of thioether (sulfide) groups is 1. The Morgan fingerprint density at radius 1 is 1.25 bits per heavy atom. The molecule has 88 valence electrons. The van der Waals surface area contributed by atoms with Crippen molar-refractivity contribution in [2.45, 2.75) is 43.5 Å². The highest BCUT2D eigenvalue weighted by Crippen LogP contribution is 2.23. The maximum Gasteiger partial charge on any atom is 0.0101 e. The first-order chi connectivity index (χ1) is 7.86. The Labute approximate surface area is 103 Å². The first-order valence-electron chi connectivity index (χ1n) is 6.28. The predicted molar refractivity (Wildman–Crippen MR) is 72.2 cm³/mol. The second-order valence-corrected chi connectivity index (χ2v) is 5.69. The third-order valence-electron chi connectivity index (χ3n) is 2.93. The average Bonchev–Trinajstić information content (AvgIpc) is 3.09. The molecule has 0 amide bonds. The number of hydrogen-bond donors (Lipinski definition) is 1. The molecule has 16 heavy (non-hydrogen) atoms. The third kappa shape index (κ3) is 4.18. The van der Waals surface area contributed by atoms with E-state index in [1.807, 2.05) is 11.8 Å². The lowest BCUT2D eigenvalue weighted by Crippen LogP contribution is -2.17. The van der Waals surface area contributed by atoms with Crippen molar-refractivity contribution in [3.05, 3.63) is 29.8 Å². The Hall–Kier alpha value is -0.470. The van der Waals surface area contributed by atoms with Crippen molar-refractivity contribution in [2.24, 2.45) is 0 Å². The van der Waals surface area contributed by atoms with E-state index in [0.717, 1.165) is 6.04 Å². The molecule has 0 radical (unpaired) electrons. The molecule has 1 nitrogen and oxygen atoms in total. The molecule has 1 N–H and O–H groups in total. The van der Waals surface area contributed by atoms with Crippen LogP contribution in [0.5, 0.6) is 0 Å². The smallest absolute Gasteiger partial charge is 0.0101 e. The van der Waals surface area contributed by atoms with Crippen molar-refractivity contribution in [3.8, 4) is 0 Å². The minimum absolute atomic E-state index is 0.865. The van der Waals surface area contributed by atoms with Crippen LogP contribution in [0.1, 0.15) is 31.2 Å². The normalized spacial score (nSPS) is 15.3. The summed E-state index contributed by atoms with van der Waals surface area (Å²) in [6.45, 7) is 3.40. The number of unbranched alkanes of at least 4 members (excludes halogenated alkanes) is 1. The Balaban J connectivity index is 1.55. The van der Waals surface area contributed by atoms with Gasteiger partial charge in [-0.3, -0.25) is 0 Å². The SMILES string of the molecule is Cc1ccccc1SCCCCNC1CC1. The molecule has 1 aliphatic rings. The monoisotopic (exact) mass is 235 g/mol. The Morgan fingerprint density at radius 2 is 2.06 bits per heavy atom. The summed E-state index contributed by atoms with van der Waals surface area (Å²) in [5.41, 5.74) is 1.41. The highest BCUT2D eigenvalue weighted by Gasteiger charge is 2.19. The van der Waals surface area contributed by atoms with Gasteiger partial charge < -0.3 is 5.32 Å². The summed E-state index contributed by atoms with van der Waals surface area (Å²) in [5, 5.41) is 3.56. The Morgan fingerprint density at radius 3 is 2.81 bits per heavy atom. The molecule has 0 spiro atoms. The number of benzene rings is 1. The molecule has 0 atom stereocenters. The van der Waals surface area contributed by atoms with Gasteiger partial charge in [-0.25, -0.2) is 0 Å². The van der Waals surface area contributed by atoms with E-state index >= 15 is 0 Å². The molecule has 1 aromatic rings. The second kappa shape index (κ2) is 6.31. The van der Waals surface area contributed by atoms with E-state index in [1.54, 1.807) is 0 Å². The number of aryl methyl sites for hydroxylation is 1. The average molecular weight is 235 g/mol. The molecule has 0 aliphatic heterocycles. The molecule has 0 unspecified atom stereocenters. The van der Waals surface area contributed by atoms with E-state index in [1.165, 1.54) is 48.4 Å². The lowest BCUT2D eigenvalue weighted by Gasteiger charge is -2.05. The van der Waals surface area contributed by atoms with Gasteiger partial charge in [-0.15, -0.1) is 11.8 Å². The largest absolute Gasteiger partial charge is 0.314 e. The van der Waals surface area contributed by atoms with Crippen LogP contribution in [0.4, 0.5) is 0 Å². The molecule has 1 fully saturated rings. The Bertz CT molecular complexity index is 320. The van der Waals surface area contributed by atoms with Gasteiger partial charge in [0.1, 0.15) is 0 Å². The van der Waals surface area contributed by atoms with Crippen LogP contribution in [0.25, 0.3) is 0 Å². The first-order valence-corrected chi connectivity index (χ1v) is 7.26. The third-order valence-corrected chi connectivity index (χ3v) is 4.19. The molecule has 1 aliphatic carbocycles. The molecular weight excluding hydrogens is 214 g/mol. The molecule has 0 saturated heterocycles. The standard InChI is InChI=1S/C14H21NS/c1-12-6-2-3-7-14(12)16-11-5-4-10-15-13-8-9-13/h2-3,6-7,13,15H,4-5,8-11H2,1H3. The fourth-order valence-corrected chi connectivity index (χ4v) is 2.76. The van der Waals surface area contributed by atoms with Gasteiger partial charge in [0.25, 0.3) is 0 Å². The number of nitrogens with one attached hydrogen (secondary N) is 1. The van der Waals surface area contributed by atoms with Crippen molar-refractivity contribution < 1.29 is 0 Å². The lowest BCUT2D eigenvalue weighted by atomic mass is 10.2. The van der Waals surface area contributed by atoms with E-state index in [9.17, 15) is 0 Å². The van der Waals surface area contributed by atoms with Crippen molar-refractivity contribution in [1.82, 2.24) is 5.32 Å². The summed E-state index contributed by atoms with van der Waals surface area (Å²) < 4.78 is 0. The second-order valence-electron chi connectivity index (χ2n) is 4.55. The molecule has 0 heterocycles. The van der Waals surface area contributed by atoms with Crippen LogP contribution in [-0.2, 0) is 0 Å². The van der Waals surface area contributed by atoms with Crippen LogP contribution < -0.4 is 5.32 Å². The quantitative estimate of drug-likeness (QED) is 0.572. The zero-order chi connectivity index (χ0) is 11.2. The fourth-order valence-electron chi connectivity index (χ4n) is 1.72. The Kier molecular flexibility index (Phi) is 4.73. The summed E-state index contributed by atoms with van der Waals surface area (Å²) >= 11 is 1.99. The predicted octanol–water partition coefficient (Wildman–Crippen LogP) is 3.62. The molecular formula is C14H21NS. The summed E-state index contributed by atoms with van der Waals surface area (Å²) in [4.78, 5) is 1.44. The van der Waals surface area contributed by atoms with Crippen LogP contribution >= 0.6 is 11.8 Å². The minimum Gasteiger partial charge on any atom is -0.314 e. The van der Waals surface area contributed by atoms with E-state index < -0.39 is 0 Å². The summed E-state index contributed by atoms with van der Waals surface area (Å²) in [7, 11) is 0. The highest BCUT2D eigenvalue weighted by molar-refractivity contribution is 7.99. The summed E-state index contributed by atoms with van der Waals surface area (Å²) in [6.07, 6.45) is 5.43. The van der Waals surface area contributed by atoms with Crippen molar-refractivity contribution in [3.63, 3.8) is 0 Å². The molecule has 2 heteroatoms. The van der Waals surface area contributed by atoms with Gasteiger partial charge in [-0.1, -0.05) is 18.2 Å². The van der Waals surface area contributed by atoms with Gasteiger partial charge >= 0.3 is 0 Å². The zero-order valence-electron chi connectivity index (χ0n) is 10.0. The fraction of sp³-hybridized carbons (Fsp3) is 0.571. The van der Waals surface area contributed by atoms with E-state index in [-0.39, 0.29) is 0 Å². The van der Waals surface area contributed by atoms with Crippen molar-refractivity contribution >= 4 is 11.8 Å². The van der Waals surface area contributed by atoms with Gasteiger partial charge in [-0.05, 0) is 56.5 Å². The van der Waals surface area contributed by atoms with Gasteiger partial charge in [0.05, 0.1) is 0 Å². The van der Waals surface area contributed by atoms with E-state index in [4.69, 9.17) is 0 Å². The summed E-state index contributed by atoms with van der Waals surface area (Å²) in [5.74, 6) is 1.25. The van der Waals surface area contributed by atoms with E-state index in [2.05, 4.69) is 36.5 Å². The number of hydrogen-bond acceptors (Lipinski definition) is 2. The first kappa shape index (κ1) is 12.0. The van der Waals surface area contributed by atoms with Crippen LogP contribution in [0, 0.1) is 6.92 Å². The molecule has 2 rings (SSSR count). The van der Waals surface area contributed by atoms with Gasteiger partial charge in [0.15, 0.2) is 0 Å². The molecule has 0 bridgehead atoms. The molecule has 1 aromatic carbocycles. The maximum absolute atomic E-state index is 3.56. The molecule has 1 saturated carbocycles. The zero-order valence-corrected chi connectivity index (χ0v) is 10.9. The van der Waals surface area contributed by atoms with Crippen LogP contribution in [0.3, 0.4) is 0 Å². The van der Waals surface area contributed by atoms with Gasteiger partial charge in [0, 0.05) is 10.9 Å². The topological polar surface area (TPSA) is 12.0 Å². The van der Waals surface area contributed by atoms with Gasteiger partial charge in [0.2, 0.25) is 0 Å². The van der Waals surface area contributed by atoms with E-state index in [0.29, 0.717) is 0 Å². The minimum atomic E-state index is 0.865.